The van der Waals surface area contributed by atoms with E-state index in [0.717, 1.165) is 41.5 Å². The predicted molar refractivity (Wildman–Crippen MR) is 146 cm³/mol. The Kier molecular flexibility index (Phi) is 6.39. The number of fused-ring (bicyclic) bond motifs is 2. The molecule has 3 aromatic carbocycles. The van der Waals surface area contributed by atoms with Gasteiger partial charge < -0.3 is 19.9 Å². The van der Waals surface area contributed by atoms with Crippen LogP contribution in [0.25, 0.3) is 10.8 Å². The highest BCUT2D eigenvalue weighted by molar-refractivity contribution is 7.16. The molecule has 0 radical (unpaired) electrons. The van der Waals surface area contributed by atoms with Crippen LogP contribution in [0.3, 0.4) is 0 Å². The number of aryl methyl sites for hydroxylation is 1. The molecule has 4 aromatic rings. The Morgan fingerprint density at radius 2 is 1.84 bits per heavy atom. The minimum absolute atomic E-state index is 0.0555. The second-order valence-electron chi connectivity index (χ2n) is 9.30. The third-order valence-electron chi connectivity index (χ3n) is 6.85. The van der Waals surface area contributed by atoms with Crippen LogP contribution in [-0.2, 0) is 17.6 Å². The molecule has 2 aliphatic rings. The molecular weight excluding hydrogens is 502 g/mol. The van der Waals surface area contributed by atoms with E-state index in [1.165, 1.54) is 11.3 Å². The molecule has 0 bridgehead atoms. The summed E-state index contributed by atoms with van der Waals surface area (Å²) in [6, 6.07) is 15.9. The Morgan fingerprint density at radius 1 is 1.08 bits per heavy atom. The Morgan fingerprint density at radius 3 is 2.61 bits per heavy atom. The number of hydrogen-bond donors (Lipinski definition) is 2. The number of nitrogens with zero attached hydrogens (tertiary/aromatic N) is 2. The number of nitrogens with one attached hydrogen (secondary N) is 1. The number of rotatable bonds is 7. The standard InChI is InChI=1S/C29H25N3O5S/c1-36-18-12-10-17(11-13-18)30-28(35)21-14-16-6-2-3-7-19(16)25(26(21)33)31-32-29-24(27(34)22-15-37-22)20-8-4-5-9-23(20)38-29/h2-3,6-7,10-14,22,33H,4-5,8-9,15H2,1H3,(H,30,35)/b32-31+. The molecule has 9 heteroatoms. The van der Waals surface area contributed by atoms with Gasteiger partial charge in [0.05, 0.1) is 24.8 Å². The summed E-state index contributed by atoms with van der Waals surface area (Å²) in [5.41, 5.74) is 2.45. The first-order valence-corrected chi connectivity index (χ1v) is 13.3. The normalized spacial score (nSPS) is 16.4. The van der Waals surface area contributed by atoms with Crippen LogP contribution < -0.4 is 10.1 Å². The number of Topliss-reactive ketones (excluding diaryl/α,β-unsaturated/α-hetero) is 1. The number of ketones is 1. The summed E-state index contributed by atoms with van der Waals surface area (Å²) >= 11 is 1.47. The third-order valence-corrected chi connectivity index (χ3v) is 8.03. The largest absolute Gasteiger partial charge is 0.505 e. The molecule has 1 atom stereocenters. The van der Waals surface area contributed by atoms with Crippen molar-refractivity contribution in [2.75, 3.05) is 19.0 Å². The zero-order valence-electron chi connectivity index (χ0n) is 20.7. The molecule has 8 nitrogen and oxygen atoms in total. The Labute approximate surface area is 222 Å². The van der Waals surface area contributed by atoms with Gasteiger partial charge in [-0.3, -0.25) is 9.59 Å². The fraction of sp³-hybridized carbons (Fsp3) is 0.241. The maximum absolute atomic E-state index is 13.2. The number of carbonyl (C=O) groups is 2. The minimum atomic E-state index is -0.483. The summed E-state index contributed by atoms with van der Waals surface area (Å²) in [6.45, 7) is 0.427. The van der Waals surface area contributed by atoms with Crippen molar-refractivity contribution in [2.24, 2.45) is 10.2 Å². The van der Waals surface area contributed by atoms with Crippen molar-refractivity contribution >= 4 is 50.2 Å². The Bertz CT molecular complexity index is 1590. The number of hydrogen-bond acceptors (Lipinski definition) is 8. The smallest absolute Gasteiger partial charge is 0.259 e. The number of carbonyl (C=O) groups excluding carboxylic acids is 2. The number of epoxide rings is 1. The SMILES string of the molecule is COc1ccc(NC(=O)c2cc3ccccc3c(/N=N/c3sc4c(c3C(=O)C3CO3)CCCC4)c2O)cc1. The summed E-state index contributed by atoms with van der Waals surface area (Å²) in [6.07, 6.45) is 3.45. The molecule has 1 amide bonds. The summed E-state index contributed by atoms with van der Waals surface area (Å²) < 4.78 is 10.4. The molecule has 1 fully saturated rings. The number of phenolic OH excluding ortho intramolecular Hbond substituents is 1. The average Bonchev–Trinajstić information content (AvgIpc) is 3.73. The van der Waals surface area contributed by atoms with E-state index >= 15 is 0 Å². The van der Waals surface area contributed by atoms with Crippen LogP contribution in [0.2, 0.25) is 0 Å². The van der Waals surface area contributed by atoms with E-state index in [2.05, 4.69) is 15.5 Å². The fourth-order valence-electron chi connectivity index (χ4n) is 4.80. The quantitative estimate of drug-likeness (QED) is 0.157. The van der Waals surface area contributed by atoms with Crippen molar-refractivity contribution in [1.29, 1.82) is 0 Å². The third kappa shape index (κ3) is 4.55. The number of ether oxygens (including phenoxy) is 2. The van der Waals surface area contributed by atoms with Gasteiger partial charge in [0, 0.05) is 16.0 Å². The van der Waals surface area contributed by atoms with Crippen LogP contribution in [0.4, 0.5) is 16.4 Å². The van der Waals surface area contributed by atoms with Gasteiger partial charge in [0.25, 0.3) is 5.91 Å². The number of benzene rings is 3. The van der Waals surface area contributed by atoms with E-state index < -0.39 is 12.0 Å². The lowest BCUT2D eigenvalue weighted by Gasteiger charge is -2.12. The Balaban J connectivity index is 1.40. The number of amides is 1. The number of aromatic hydroxyl groups is 1. The summed E-state index contributed by atoms with van der Waals surface area (Å²) in [5, 5.41) is 24.9. The monoisotopic (exact) mass is 527 g/mol. The van der Waals surface area contributed by atoms with E-state index in [-0.39, 0.29) is 22.8 Å². The first kappa shape index (κ1) is 24.3. The molecule has 38 heavy (non-hydrogen) atoms. The lowest BCUT2D eigenvalue weighted by atomic mass is 9.93. The second-order valence-corrected chi connectivity index (χ2v) is 10.4. The predicted octanol–water partition coefficient (Wildman–Crippen LogP) is 6.74. The van der Waals surface area contributed by atoms with Gasteiger partial charge in [0.2, 0.25) is 0 Å². The van der Waals surface area contributed by atoms with Gasteiger partial charge in [0.15, 0.2) is 11.5 Å². The van der Waals surface area contributed by atoms with Gasteiger partial charge in [0.1, 0.15) is 22.5 Å². The molecule has 2 N–H and O–H groups in total. The van der Waals surface area contributed by atoms with Gasteiger partial charge in [-0.1, -0.05) is 24.3 Å². The van der Waals surface area contributed by atoms with Crippen LogP contribution in [0.5, 0.6) is 11.5 Å². The van der Waals surface area contributed by atoms with E-state index in [1.54, 1.807) is 37.4 Å². The zero-order valence-corrected chi connectivity index (χ0v) is 21.5. The van der Waals surface area contributed by atoms with E-state index in [9.17, 15) is 14.7 Å². The van der Waals surface area contributed by atoms with Gasteiger partial charge in [-0.25, -0.2) is 0 Å². The first-order chi connectivity index (χ1) is 18.5. The Hall–Kier alpha value is -4.08. The summed E-state index contributed by atoms with van der Waals surface area (Å²) in [7, 11) is 1.57. The summed E-state index contributed by atoms with van der Waals surface area (Å²) in [4.78, 5) is 27.4. The maximum Gasteiger partial charge on any atom is 0.259 e. The van der Waals surface area contributed by atoms with Crippen molar-refractivity contribution in [2.45, 2.75) is 31.8 Å². The second kappa shape index (κ2) is 10.00. The van der Waals surface area contributed by atoms with Crippen molar-refractivity contribution in [3.8, 4) is 11.5 Å². The highest BCUT2D eigenvalue weighted by Gasteiger charge is 2.37. The number of thiophene rings is 1. The molecule has 1 aliphatic carbocycles. The average molecular weight is 528 g/mol. The molecule has 2 heterocycles. The number of anilines is 1. The minimum Gasteiger partial charge on any atom is -0.505 e. The van der Waals surface area contributed by atoms with Gasteiger partial charge in [-0.15, -0.1) is 21.6 Å². The van der Waals surface area contributed by atoms with Crippen molar-refractivity contribution in [1.82, 2.24) is 0 Å². The van der Waals surface area contributed by atoms with Crippen molar-refractivity contribution < 1.29 is 24.2 Å². The van der Waals surface area contributed by atoms with Crippen LogP contribution in [0.1, 0.15) is 44.0 Å². The first-order valence-electron chi connectivity index (χ1n) is 12.5. The highest BCUT2D eigenvalue weighted by atomic mass is 32.1. The molecule has 1 saturated heterocycles. The lowest BCUT2D eigenvalue weighted by molar-refractivity contribution is 0.0953. The van der Waals surface area contributed by atoms with Crippen LogP contribution in [0, 0.1) is 0 Å². The number of azo groups is 1. The number of methoxy groups -OCH3 is 1. The van der Waals surface area contributed by atoms with E-state index in [4.69, 9.17) is 9.47 Å². The summed E-state index contributed by atoms with van der Waals surface area (Å²) in [5.74, 6) is -0.151. The van der Waals surface area contributed by atoms with Gasteiger partial charge in [-0.05, 0) is 67.0 Å². The molecule has 192 valence electrons. The molecule has 0 spiro atoms. The molecule has 1 aromatic heterocycles. The number of phenols is 1. The zero-order chi connectivity index (χ0) is 26.2. The van der Waals surface area contributed by atoms with Crippen molar-refractivity contribution in [3.63, 3.8) is 0 Å². The molecule has 6 rings (SSSR count). The van der Waals surface area contributed by atoms with E-state index in [1.807, 2.05) is 24.3 Å². The van der Waals surface area contributed by atoms with Crippen LogP contribution in [0.15, 0.2) is 64.8 Å². The molecule has 1 unspecified atom stereocenters. The molecule has 0 saturated carbocycles. The fourth-order valence-corrected chi connectivity index (χ4v) is 6.01. The molecule has 1 aliphatic heterocycles. The maximum atomic E-state index is 13.2. The van der Waals surface area contributed by atoms with E-state index in [0.29, 0.717) is 34.0 Å². The van der Waals surface area contributed by atoms with Crippen LogP contribution >= 0.6 is 11.3 Å². The topological polar surface area (TPSA) is 113 Å². The lowest BCUT2D eigenvalue weighted by Crippen LogP contribution is -2.12. The highest BCUT2D eigenvalue weighted by Crippen LogP contribution is 2.44. The van der Waals surface area contributed by atoms with Crippen molar-refractivity contribution in [3.05, 3.63) is 76.2 Å². The van der Waals surface area contributed by atoms with Crippen LogP contribution in [-0.4, -0.2) is 36.6 Å². The van der Waals surface area contributed by atoms with Gasteiger partial charge in [-0.2, -0.15) is 0 Å². The van der Waals surface area contributed by atoms with Gasteiger partial charge >= 0.3 is 0 Å². The molecular formula is C29H25N3O5S.